The van der Waals surface area contributed by atoms with E-state index in [1.54, 1.807) is 7.11 Å². The Bertz CT molecular complexity index is 201. The molecule has 2 heterocycles. The third kappa shape index (κ3) is 1.55. The summed E-state index contributed by atoms with van der Waals surface area (Å²) < 4.78 is 22.1. The molecule has 2 fully saturated rings. The van der Waals surface area contributed by atoms with Crippen LogP contribution in [0.5, 0.6) is 0 Å². The molecule has 0 aliphatic carbocycles. The SMILES string of the molecule is CO[C@H]1O[C@@H](CN)[C@H]2OC(C)(C)O[C@@H]12. The zero-order valence-electron chi connectivity index (χ0n) is 8.73. The molecule has 82 valence electrons. The van der Waals surface area contributed by atoms with Crippen LogP contribution in [0.25, 0.3) is 0 Å². The Balaban J connectivity index is 2.12. The fourth-order valence-electron chi connectivity index (χ4n) is 2.02. The molecule has 0 unspecified atom stereocenters. The average Bonchev–Trinajstić information content (AvgIpc) is 2.57. The lowest BCUT2D eigenvalue weighted by atomic mass is 10.1. The van der Waals surface area contributed by atoms with E-state index < -0.39 is 5.79 Å². The first-order valence-electron chi connectivity index (χ1n) is 4.81. The molecule has 0 amide bonds. The van der Waals surface area contributed by atoms with Crippen LogP contribution in [0.1, 0.15) is 13.8 Å². The van der Waals surface area contributed by atoms with Crippen molar-refractivity contribution in [3.63, 3.8) is 0 Å². The third-order valence-corrected chi connectivity index (χ3v) is 2.57. The number of fused-ring (bicyclic) bond motifs is 1. The lowest BCUT2D eigenvalue weighted by Gasteiger charge is -2.22. The van der Waals surface area contributed by atoms with Gasteiger partial charge in [0.1, 0.15) is 18.3 Å². The van der Waals surface area contributed by atoms with Gasteiger partial charge in [0.2, 0.25) is 0 Å². The number of hydrogen-bond donors (Lipinski definition) is 1. The smallest absolute Gasteiger partial charge is 0.186 e. The third-order valence-electron chi connectivity index (χ3n) is 2.57. The second-order valence-corrected chi connectivity index (χ2v) is 4.08. The summed E-state index contributed by atoms with van der Waals surface area (Å²) in [6.45, 7) is 4.18. The average molecular weight is 203 g/mol. The number of hydrogen-bond acceptors (Lipinski definition) is 5. The molecule has 4 atom stereocenters. The van der Waals surface area contributed by atoms with Gasteiger partial charge in [-0.25, -0.2) is 0 Å². The van der Waals surface area contributed by atoms with Gasteiger partial charge in [-0.05, 0) is 13.8 Å². The quantitative estimate of drug-likeness (QED) is 0.675. The van der Waals surface area contributed by atoms with E-state index >= 15 is 0 Å². The largest absolute Gasteiger partial charge is 0.353 e. The Kier molecular flexibility index (Phi) is 2.53. The van der Waals surface area contributed by atoms with E-state index in [9.17, 15) is 0 Å². The minimum Gasteiger partial charge on any atom is -0.353 e. The monoisotopic (exact) mass is 203 g/mol. The number of ether oxygens (including phenoxy) is 4. The molecule has 0 radical (unpaired) electrons. The summed E-state index contributed by atoms with van der Waals surface area (Å²) in [5.74, 6) is -0.566. The standard InChI is InChI=1S/C9H17NO4/c1-9(2)13-6-5(4-10)12-8(11-3)7(6)14-9/h5-8H,4,10H2,1-3H3/t5-,6+,7+,8-/m0/s1. The van der Waals surface area contributed by atoms with Crippen LogP contribution in [0, 0.1) is 0 Å². The predicted molar refractivity (Wildman–Crippen MR) is 48.5 cm³/mol. The molecule has 5 heteroatoms. The summed E-state index contributed by atoms with van der Waals surface area (Å²) in [6.07, 6.45) is -0.773. The number of nitrogens with two attached hydrogens (primary N) is 1. The van der Waals surface area contributed by atoms with Gasteiger partial charge >= 0.3 is 0 Å². The molecule has 5 nitrogen and oxygen atoms in total. The molecule has 0 aromatic rings. The highest BCUT2D eigenvalue weighted by Gasteiger charge is 2.54. The molecule has 2 N–H and O–H groups in total. The van der Waals surface area contributed by atoms with Gasteiger partial charge in [0.25, 0.3) is 0 Å². The molecule has 2 rings (SSSR count). The van der Waals surface area contributed by atoms with Gasteiger partial charge in [0, 0.05) is 13.7 Å². The molecular weight excluding hydrogens is 186 g/mol. The maximum atomic E-state index is 5.70. The van der Waals surface area contributed by atoms with E-state index in [0.717, 1.165) is 0 Å². The molecule has 2 aliphatic rings. The molecule has 0 bridgehead atoms. The van der Waals surface area contributed by atoms with E-state index in [1.807, 2.05) is 13.8 Å². The lowest BCUT2D eigenvalue weighted by Crippen LogP contribution is -2.34. The summed E-state index contributed by atoms with van der Waals surface area (Å²) in [5.41, 5.74) is 5.58. The van der Waals surface area contributed by atoms with Gasteiger partial charge in [-0.15, -0.1) is 0 Å². The van der Waals surface area contributed by atoms with E-state index in [4.69, 9.17) is 24.7 Å². The van der Waals surface area contributed by atoms with Crippen molar-refractivity contribution in [3.05, 3.63) is 0 Å². The van der Waals surface area contributed by atoms with E-state index in [-0.39, 0.29) is 24.6 Å². The van der Waals surface area contributed by atoms with Crippen molar-refractivity contribution in [1.29, 1.82) is 0 Å². The molecule has 0 spiro atoms. The van der Waals surface area contributed by atoms with Crippen LogP contribution in [-0.4, -0.2) is 44.0 Å². The van der Waals surface area contributed by atoms with Crippen LogP contribution in [0.2, 0.25) is 0 Å². The molecule has 2 aliphatic heterocycles. The molecule has 14 heavy (non-hydrogen) atoms. The molecular formula is C9H17NO4. The van der Waals surface area contributed by atoms with Crippen LogP contribution < -0.4 is 5.73 Å². The van der Waals surface area contributed by atoms with Gasteiger partial charge in [0.05, 0.1) is 0 Å². The van der Waals surface area contributed by atoms with Crippen molar-refractivity contribution in [3.8, 4) is 0 Å². The van der Waals surface area contributed by atoms with Crippen LogP contribution in [0.15, 0.2) is 0 Å². The van der Waals surface area contributed by atoms with Gasteiger partial charge in [-0.2, -0.15) is 0 Å². The van der Waals surface area contributed by atoms with Crippen molar-refractivity contribution in [2.45, 2.75) is 44.2 Å². The number of rotatable bonds is 2. The highest BCUT2D eigenvalue weighted by molar-refractivity contribution is 4.95. The summed E-state index contributed by atoms with van der Waals surface area (Å²) in [6, 6.07) is 0. The van der Waals surface area contributed by atoms with E-state index in [0.29, 0.717) is 6.54 Å². The normalized spacial score (nSPS) is 45.4. The fraction of sp³-hybridized carbons (Fsp3) is 1.00. The minimum atomic E-state index is -0.566. The van der Waals surface area contributed by atoms with Gasteiger partial charge < -0.3 is 24.7 Å². The van der Waals surface area contributed by atoms with E-state index in [1.165, 1.54) is 0 Å². The Morgan fingerprint density at radius 1 is 1.29 bits per heavy atom. The minimum absolute atomic E-state index is 0.111. The van der Waals surface area contributed by atoms with E-state index in [2.05, 4.69) is 0 Å². The maximum absolute atomic E-state index is 5.70. The van der Waals surface area contributed by atoms with Crippen molar-refractivity contribution in [2.24, 2.45) is 5.73 Å². The Hall–Kier alpha value is -0.200. The summed E-state index contributed by atoms with van der Waals surface area (Å²) in [4.78, 5) is 0. The highest BCUT2D eigenvalue weighted by Crippen LogP contribution is 2.38. The van der Waals surface area contributed by atoms with Gasteiger partial charge in [-0.1, -0.05) is 0 Å². The van der Waals surface area contributed by atoms with Crippen molar-refractivity contribution < 1.29 is 18.9 Å². The first kappa shape index (κ1) is 10.3. The van der Waals surface area contributed by atoms with Gasteiger partial charge in [0.15, 0.2) is 12.1 Å². The van der Waals surface area contributed by atoms with Crippen LogP contribution >= 0.6 is 0 Å². The van der Waals surface area contributed by atoms with Crippen molar-refractivity contribution >= 4 is 0 Å². The molecule has 0 saturated carbocycles. The zero-order chi connectivity index (χ0) is 10.3. The van der Waals surface area contributed by atoms with Crippen LogP contribution in [0.3, 0.4) is 0 Å². The van der Waals surface area contributed by atoms with Crippen LogP contribution in [0.4, 0.5) is 0 Å². The zero-order valence-corrected chi connectivity index (χ0v) is 8.73. The summed E-state index contributed by atoms with van der Waals surface area (Å²) >= 11 is 0. The second-order valence-electron chi connectivity index (χ2n) is 4.08. The fourth-order valence-corrected chi connectivity index (χ4v) is 2.02. The summed E-state index contributed by atoms with van der Waals surface area (Å²) in [5, 5.41) is 0. The first-order chi connectivity index (χ1) is 6.57. The first-order valence-corrected chi connectivity index (χ1v) is 4.81. The molecule has 0 aromatic heterocycles. The summed E-state index contributed by atoms with van der Waals surface area (Å²) in [7, 11) is 1.59. The van der Waals surface area contributed by atoms with Crippen molar-refractivity contribution in [1.82, 2.24) is 0 Å². The maximum Gasteiger partial charge on any atom is 0.186 e. The Morgan fingerprint density at radius 3 is 2.50 bits per heavy atom. The topological polar surface area (TPSA) is 62.9 Å². The van der Waals surface area contributed by atoms with Gasteiger partial charge in [-0.3, -0.25) is 0 Å². The molecule has 0 aromatic carbocycles. The second kappa shape index (κ2) is 3.43. The molecule has 2 saturated heterocycles. The number of methoxy groups -OCH3 is 1. The van der Waals surface area contributed by atoms with Crippen LogP contribution in [-0.2, 0) is 18.9 Å². The van der Waals surface area contributed by atoms with Crippen molar-refractivity contribution in [2.75, 3.05) is 13.7 Å². The highest BCUT2D eigenvalue weighted by atomic mass is 16.8. The Labute approximate surface area is 83.4 Å². The lowest BCUT2D eigenvalue weighted by molar-refractivity contribution is -0.225. The predicted octanol–water partition coefficient (Wildman–Crippen LogP) is -0.163. The Morgan fingerprint density at radius 2 is 1.93 bits per heavy atom.